The van der Waals surface area contributed by atoms with E-state index in [1.54, 1.807) is 4.90 Å². The van der Waals surface area contributed by atoms with E-state index in [0.717, 1.165) is 42.7 Å². The fourth-order valence-corrected chi connectivity index (χ4v) is 4.89. The Kier molecular flexibility index (Phi) is 8.62. The highest BCUT2D eigenvalue weighted by molar-refractivity contribution is 7.18. The van der Waals surface area contributed by atoms with Crippen molar-refractivity contribution in [3.8, 4) is 10.6 Å². The van der Waals surface area contributed by atoms with Crippen LogP contribution in [0.15, 0.2) is 60.7 Å². The van der Waals surface area contributed by atoms with Crippen LogP contribution in [0.3, 0.4) is 0 Å². The van der Waals surface area contributed by atoms with E-state index in [9.17, 15) is 9.59 Å². The summed E-state index contributed by atoms with van der Waals surface area (Å²) >= 11 is 1.34. The number of nitrogens with zero attached hydrogens (tertiary/aromatic N) is 3. The fraction of sp³-hybridized carbons (Fsp3) is 0.385. The molecule has 0 saturated heterocycles. The lowest BCUT2D eigenvalue weighted by Crippen LogP contribution is -2.47. The maximum Gasteiger partial charge on any atom is 0.317 e. The molecule has 0 radical (unpaired) electrons. The van der Waals surface area contributed by atoms with Crippen LogP contribution < -0.4 is 10.6 Å². The number of hydrogen-bond donors (Lipinski definition) is 2. The first kappa shape index (κ1) is 23.9. The van der Waals surface area contributed by atoms with Crippen LogP contribution in [0.25, 0.3) is 10.6 Å². The summed E-state index contributed by atoms with van der Waals surface area (Å²) in [6.07, 6.45) is 6.56. The monoisotopic (exact) mass is 477 g/mol. The average Bonchev–Trinajstić information content (AvgIpc) is 3.34. The van der Waals surface area contributed by atoms with Gasteiger partial charge in [-0.05, 0) is 24.8 Å². The quantitative estimate of drug-likeness (QED) is 0.448. The van der Waals surface area contributed by atoms with Gasteiger partial charge in [-0.25, -0.2) is 4.79 Å². The molecule has 34 heavy (non-hydrogen) atoms. The largest absolute Gasteiger partial charge is 0.335 e. The van der Waals surface area contributed by atoms with Gasteiger partial charge in [0.2, 0.25) is 11.0 Å². The molecule has 1 aliphatic carbocycles. The molecule has 0 unspecified atom stereocenters. The lowest BCUT2D eigenvalue weighted by molar-refractivity contribution is -0.116. The van der Waals surface area contributed by atoms with Gasteiger partial charge in [0.25, 0.3) is 0 Å². The van der Waals surface area contributed by atoms with Gasteiger partial charge in [-0.2, -0.15) is 0 Å². The number of hydrogen-bond acceptors (Lipinski definition) is 5. The molecule has 0 bridgehead atoms. The average molecular weight is 478 g/mol. The summed E-state index contributed by atoms with van der Waals surface area (Å²) in [4.78, 5) is 27.4. The van der Waals surface area contributed by atoms with Crippen molar-refractivity contribution in [3.05, 3.63) is 66.2 Å². The minimum absolute atomic E-state index is 0.0853. The predicted molar refractivity (Wildman–Crippen MR) is 136 cm³/mol. The maximum atomic E-state index is 13.0. The second kappa shape index (κ2) is 12.3. The standard InChI is InChI=1S/C26H31N5O2S/c32-23(28-25-30-29-24(34-25)21-12-6-2-7-13-21)17-19-31(18-16-20-10-4-1-5-11-20)26(33)27-22-14-8-3-9-15-22/h1-2,4-7,10-13,22H,3,8-9,14-19H2,(H,27,33)(H,28,30,32). The van der Waals surface area contributed by atoms with Gasteiger partial charge in [-0.15, -0.1) is 10.2 Å². The van der Waals surface area contributed by atoms with Crippen LogP contribution in [-0.2, 0) is 11.2 Å². The number of carbonyl (C=O) groups is 2. The van der Waals surface area contributed by atoms with E-state index in [0.29, 0.717) is 18.2 Å². The molecule has 1 saturated carbocycles. The van der Waals surface area contributed by atoms with E-state index in [-0.39, 0.29) is 24.4 Å². The van der Waals surface area contributed by atoms with Crippen molar-refractivity contribution < 1.29 is 9.59 Å². The molecule has 7 nitrogen and oxygen atoms in total. The lowest BCUT2D eigenvalue weighted by Gasteiger charge is -2.28. The number of rotatable bonds is 9. The van der Waals surface area contributed by atoms with Crippen molar-refractivity contribution in [2.75, 3.05) is 18.4 Å². The summed E-state index contributed by atoms with van der Waals surface area (Å²) in [5.74, 6) is -0.175. The van der Waals surface area contributed by atoms with E-state index in [4.69, 9.17) is 0 Å². The Morgan fingerprint density at radius 3 is 2.35 bits per heavy atom. The van der Waals surface area contributed by atoms with Crippen LogP contribution in [0.5, 0.6) is 0 Å². The Morgan fingerprint density at radius 1 is 0.912 bits per heavy atom. The van der Waals surface area contributed by atoms with Crippen molar-refractivity contribution in [1.29, 1.82) is 0 Å². The summed E-state index contributed by atoms with van der Waals surface area (Å²) in [7, 11) is 0. The van der Waals surface area contributed by atoms with Crippen molar-refractivity contribution in [2.45, 2.75) is 51.0 Å². The molecule has 0 spiro atoms. The Morgan fingerprint density at radius 2 is 1.62 bits per heavy atom. The normalized spacial score (nSPS) is 13.9. The third-order valence-corrected chi connectivity index (χ3v) is 6.92. The zero-order valence-electron chi connectivity index (χ0n) is 19.3. The molecular weight excluding hydrogens is 446 g/mol. The predicted octanol–water partition coefficient (Wildman–Crippen LogP) is 5.12. The molecule has 1 aromatic heterocycles. The molecule has 3 aromatic rings. The number of carbonyl (C=O) groups excluding carboxylic acids is 2. The number of amides is 3. The molecule has 8 heteroatoms. The molecule has 4 rings (SSSR count). The minimum Gasteiger partial charge on any atom is -0.335 e. The number of benzene rings is 2. The third-order valence-electron chi connectivity index (χ3n) is 6.03. The molecule has 0 aliphatic heterocycles. The van der Waals surface area contributed by atoms with Gasteiger partial charge < -0.3 is 15.5 Å². The number of nitrogens with one attached hydrogen (secondary N) is 2. The Hall–Kier alpha value is -3.26. The highest BCUT2D eigenvalue weighted by atomic mass is 32.1. The molecule has 3 amide bonds. The molecule has 1 fully saturated rings. The van der Waals surface area contributed by atoms with Crippen LogP contribution in [0.1, 0.15) is 44.1 Å². The lowest BCUT2D eigenvalue weighted by atomic mass is 9.96. The first-order valence-electron chi connectivity index (χ1n) is 12.0. The number of urea groups is 1. The van der Waals surface area contributed by atoms with E-state index in [2.05, 4.69) is 33.0 Å². The van der Waals surface area contributed by atoms with Crippen molar-refractivity contribution >= 4 is 28.4 Å². The second-order valence-corrected chi connectivity index (χ2v) is 9.56. The number of anilines is 1. The summed E-state index contributed by atoms with van der Waals surface area (Å²) in [6, 6.07) is 20.0. The zero-order chi connectivity index (χ0) is 23.6. The summed E-state index contributed by atoms with van der Waals surface area (Å²) < 4.78 is 0. The van der Waals surface area contributed by atoms with Crippen molar-refractivity contribution in [3.63, 3.8) is 0 Å². The summed E-state index contributed by atoms with van der Waals surface area (Å²) in [5.41, 5.74) is 2.14. The second-order valence-electron chi connectivity index (χ2n) is 8.58. The molecule has 0 atom stereocenters. The minimum atomic E-state index is -0.175. The van der Waals surface area contributed by atoms with Gasteiger partial charge in [0.1, 0.15) is 5.01 Å². The first-order chi connectivity index (χ1) is 16.7. The first-order valence-corrected chi connectivity index (χ1v) is 12.8. The van der Waals surface area contributed by atoms with Crippen LogP contribution in [0.2, 0.25) is 0 Å². The summed E-state index contributed by atoms with van der Waals surface area (Å²) in [6.45, 7) is 0.911. The van der Waals surface area contributed by atoms with E-state index in [1.807, 2.05) is 48.5 Å². The highest BCUT2D eigenvalue weighted by Crippen LogP contribution is 2.26. The fourth-order valence-electron chi connectivity index (χ4n) is 4.13. The van der Waals surface area contributed by atoms with Crippen molar-refractivity contribution in [1.82, 2.24) is 20.4 Å². The van der Waals surface area contributed by atoms with Crippen LogP contribution in [0.4, 0.5) is 9.93 Å². The topological polar surface area (TPSA) is 87.2 Å². The Labute approximate surface area is 204 Å². The van der Waals surface area contributed by atoms with Gasteiger partial charge in [0, 0.05) is 31.1 Å². The molecule has 1 heterocycles. The summed E-state index contributed by atoms with van der Waals surface area (Å²) in [5, 5.41) is 15.5. The van der Waals surface area contributed by atoms with E-state index in [1.165, 1.54) is 23.3 Å². The Bertz CT molecular complexity index is 1050. The van der Waals surface area contributed by atoms with Gasteiger partial charge in [0.15, 0.2) is 0 Å². The van der Waals surface area contributed by atoms with Crippen LogP contribution >= 0.6 is 11.3 Å². The third kappa shape index (κ3) is 7.12. The van der Waals surface area contributed by atoms with Gasteiger partial charge in [0.05, 0.1) is 0 Å². The number of aromatic nitrogens is 2. The Balaban J connectivity index is 1.32. The SMILES string of the molecule is O=C(CCN(CCc1ccccc1)C(=O)NC1CCCCC1)Nc1nnc(-c2ccccc2)s1. The van der Waals surface area contributed by atoms with Crippen molar-refractivity contribution in [2.24, 2.45) is 0 Å². The van der Waals surface area contributed by atoms with Crippen LogP contribution in [-0.4, -0.2) is 46.2 Å². The zero-order valence-corrected chi connectivity index (χ0v) is 20.1. The molecular formula is C26H31N5O2S. The van der Waals surface area contributed by atoms with E-state index < -0.39 is 0 Å². The molecule has 1 aliphatic rings. The molecule has 2 N–H and O–H groups in total. The van der Waals surface area contributed by atoms with Gasteiger partial charge >= 0.3 is 6.03 Å². The van der Waals surface area contributed by atoms with Gasteiger partial charge in [-0.3, -0.25) is 4.79 Å². The molecule has 178 valence electrons. The van der Waals surface area contributed by atoms with Crippen LogP contribution in [0, 0.1) is 0 Å². The van der Waals surface area contributed by atoms with E-state index >= 15 is 0 Å². The van der Waals surface area contributed by atoms with Gasteiger partial charge in [-0.1, -0.05) is 91.3 Å². The highest BCUT2D eigenvalue weighted by Gasteiger charge is 2.21. The molecule has 2 aromatic carbocycles. The maximum absolute atomic E-state index is 13.0. The smallest absolute Gasteiger partial charge is 0.317 e.